The van der Waals surface area contributed by atoms with E-state index in [4.69, 9.17) is 16.3 Å². The molecule has 0 saturated heterocycles. The predicted molar refractivity (Wildman–Crippen MR) is 86.5 cm³/mol. The highest BCUT2D eigenvalue weighted by Gasteiger charge is 2.16. The summed E-state index contributed by atoms with van der Waals surface area (Å²) in [4.78, 5) is 11.5. The number of nitrogens with one attached hydrogen (secondary N) is 2. The molecule has 0 bridgehead atoms. The van der Waals surface area contributed by atoms with Crippen LogP contribution in [0.3, 0.4) is 0 Å². The summed E-state index contributed by atoms with van der Waals surface area (Å²) in [5.74, 6) is 0. The van der Waals surface area contributed by atoms with Crippen molar-refractivity contribution in [3.63, 3.8) is 0 Å². The Bertz CT molecular complexity index is 475. The number of carbonyl (C=O) groups is 1. The Morgan fingerprint density at radius 1 is 1.45 bits per heavy atom. The molecule has 0 fully saturated rings. The minimum Gasteiger partial charge on any atom is -0.444 e. The third kappa shape index (κ3) is 6.48. The van der Waals surface area contributed by atoms with Gasteiger partial charge in [-0.1, -0.05) is 11.6 Å². The van der Waals surface area contributed by atoms with E-state index in [-0.39, 0.29) is 6.04 Å². The van der Waals surface area contributed by atoms with Gasteiger partial charge < -0.3 is 15.4 Å². The summed E-state index contributed by atoms with van der Waals surface area (Å²) in [6.45, 7) is 7.93. The molecule has 1 atom stereocenters. The molecule has 0 radical (unpaired) electrons. The summed E-state index contributed by atoms with van der Waals surface area (Å²) in [6, 6.07) is 5.57. The normalized spacial score (nSPS) is 12.7. The van der Waals surface area contributed by atoms with Crippen molar-refractivity contribution in [1.82, 2.24) is 5.32 Å². The second-order valence-electron chi connectivity index (χ2n) is 5.55. The van der Waals surface area contributed by atoms with Gasteiger partial charge in [0.05, 0.1) is 0 Å². The van der Waals surface area contributed by atoms with Crippen LogP contribution in [-0.4, -0.2) is 24.3 Å². The first-order chi connectivity index (χ1) is 9.17. The van der Waals surface area contributed by atoms with Gasteiger partial charge >= 0.3 is 6.09 Å². The Morgan fingerprint density at radius 2 is 2.10 bits per heavy atom. The van der Waals surface area contributed by atoms with Crippen molar-refractivity contribution in [3.8, 4) is 0 Å². The average Bonchev–Trinajstić information content (AvgIpc) is 2.28. The van der Waals surface area contributed by atoms with E-state index in [2.05, 4.69) is 26.6 Å². The maximum absolute atomic E-state index is 11.5. The molecule has 0 saturated carbocycles. The topological polar surface area (TPSA) is 50.4 Å². The number of carbonyl (C=O) groups excluding carboxylic acids is 1. The van der Waals surface area contributed by atoms with E-state index < -0.39 is 11.7 Å². The van der Waals surface area contributed by atoms with Gasteiger partial charge in [0.25, 0.3) is 0 Å². The van der Waals surface area contributed by atoms with Crippen LogP contribution in [0, 0.1) is 0 Å². The molecule has 112 valence electrons. The molecule has 0 aromatic heterocycles. The maximum Gasteiger partial charge on any atom is 0.407 e. The summed E-state index contributed by atoms with van der Waals surface area (Å²) >= 11 is 9.32. The van der Waals surface area contributed by atoms with Gasteiger partial charge in [0.1, 0.15) is 5.60 Å². The lowest BCUT2D eigenvalue weighted by Gasteiger charge is -2.21. The van der Waals surface area contributed by atoms with Crippen LogP contribution in [0.15, 0.2) is 22.7 Å². The molecule has 1 rings (SSSR count). The molecule has 0 aliphatic heterocycles. The zero-order valence-electron chi connectivity index (χ0n) is 12.1. The van der Waals surface area contributed by atoms with Gasteiger partial charge in [-0.15, -0.1) is 0 Å². The Labute approximate surface area is 133 Å². The molecular formula is C14H20BrClN2O2. The molecule has 1 aromatic carbocycles. The standard InChI is InChI=1S/C14H20BrClN2O2/c1-9(8-17-13(19)20-14(2,3)4)18-12-6-5-10(16)7-11(12)15/h5-7,9,18H,8H2,1-4H3,(H,17,19). The third-order valence-electron chi connectivity index (χ3n) is 2.28. The highest BCUT2D eigenvalue weighted by Crippen LogP contribution is 2.26. The lowest BCUT2D eigenvalue weighted by atomic mass is 10.2. The zero-order valence-corrected chi connectivity index (χ0v) is 14.4. The lowest BCUT2D eigenvalue weighted by molar-refractivity contribution is 0.0526. The molecule has 1 amide bonds. The summed E-state index contributed by atoms with van der Waals surface area (Å²) in [5, 5.41) is 6.67. The zero-order chi connectivity index (χ0) is 15.3. The van der Waals surface area contributed by atoms with Crippen LogP contribution >= 0.6 is 27.5 Å². The van der Waals surface area contributed by atoms with Crippen molar-refractivity contribution in [3.05, 3.63) is 27.7 Å². The van der Waals surface area contributed by atoms with E-state index >= 15 is 0 Å². The van der Waals surface area contributed by atoms with Gasteiger partial charge in [-0.3, -0.25) is 0 Å². The molecule has 2 N–H and O–H groups in total. The van der Waals surface area contributed by atoms with Crippen molar-refractivity contribution in [2.24, 2.45) is 0 Å². The number of rotatable bonds is 4. The van der Waals surface area contributed by atoms with Crippen molar-refractivity contribution in [2.45, 2.75) is 39.3 Å². The van der Waals surface area contributed by atoms with Crippen LogP contribution in [0.2, 0.25) is 5.02 Å². The molecular weight excluding hydrogens is 344 g/mol. The van der Waals surface area contributed by atoms with Crippen LogP contribution < -0.4 is 10.6 Å². The Kier molecular flexibility index (Phi) is 6.14. The molecule has 1 unspecified atom stereocenters. The van der Waals surface area contributed by atoms with Gasteiger partial charge in [-0.2, -0.15) is 0 Å². The molecule has 20 heavy (non-hydrogen) atoms. The maximum atomic E-state index is 11.5. The van der Waals surface area contributed by atoms with E-state index in [0.29, 0.717) is 11.6 Å². The third-order valence-corrected chi connectivity index (χ3v) is 3.18. The monoisotopic (exact) mass is 362 g/mol. The summed E-state index contributed by atoms with van der Waals surface area (Å²) in [7, 11) is 0. The minimum absolute atomic E-state index is 0.0555. The average molecular weight is 364 g/mol. The van der Waals surface area contributed by atoms with Crippen LogP contribution in [0.1, 0.15) is 27.7 Å². The van der Waals surface area contributed by atoms with Gasteiger partial charge in [0.15, 0.2) is 0 Å². The number of halogens is 2. The number of amides is 1. The van der Waals surface area contributed by atoms with Crippen LogP contribution in [0.25, 0.3) is 0 Å². The predicted octanol–water partition coefficient (Wildman–Crippen LogP) is 4.43. The van der Waals surface area contributed by atoms with E-state index in [1.807, 2.05) is 45.9 Å². The van der Waals surface area contributed by atoms with Crippen LogP contribution in [0.5, 0.6) is 0 Å². The first-order valence-electron chi connectivity index (χ1n) is 6.36. The van der Waals surface area contributed by atoms with Gasteiger partial charge in [0.2, 0.25) is 0 Å². The Balaban J connectivity index is 2.44. The van der Waals surface area contributed by atoms with Crippen molar-refractivity contribution >= 4 is 39.3 Å². The lowest BCUT2D eigenvalue weighted by Crippen LogP contribution is -2.38. The van der Waals surface area contributed by atoms with E-state index in [9.17, 15) is 4.79 Å². The molecule has 0 spiro atoms. The SMILES string of the molecule is CC(CNC(=O)OC(C)(C)C)Nc1ccc(Cl)cc1Br. The highest BCUT2D eigenvalue weighted by molar-refractivity contribution is 9.10. The molecule has 1 aromatic rings. The summed E-state index contributed by atoms with van der Waals surface area (Å²) < 4.78 is 6.06. The first-order valence-corrected chi connectivity index (χ1v) is 7.53. The number of ether oxygens (including phenoxy) is 1. The summed E-state index contributed by atoms with van der Waals surface area (Å²) in [5.41, 5.74) is 0.438. The molecule has 4 nitrogen and oxygen atoms in total. The van der Waals surface area contributed by atoms with Gasteiger partial charge in [-0.25, -0.2) is 4.79 Å². The number of anilines is 1. The van der Waals surface area contributed by atoms with Gasteiger partial charge in [0, 0.05) is 27.8 Å². The van der Waals surface area contributed by atoms with Crippen molar-refractivity contribution < 1.29 is 9.53 Å². The van der Waals surface area contributed by atoms with E-state index in [0.717, 1.165) is 10.2 Å². The number of hydrogen-bond donors (Lipinski definition) is 2. The fraction of sp³-hybridized carbons (Fsp3) is 0.500. The van der Waals surface area contributed by atoms with Crippen LogP contribution in [-0.2, 0) is 4.74 Å². The second kappa shape index (κ2) is 7.18. The van der Waals surface area contributed by atoms with Crippen LogP contribution in [0.4, 0.5) is 10.5 Å². The van der Waals surface area contributed by atoms with E-state index in [1.54, 1.807) is 0 Å². The van der Waals surface area contributed by atoms with Crippen molar-refractivity contribution in [2.75, 3.05) is 11.9 Å². The fourth-order valence-corrected chi connectivity index (χ4v) is 2.27. The largest absolute Gasteiger partial charge is 0.444 e. The fourth-order valence-electron chi connectivity index (χ4n) is 1.47. The van der Waals surface area contributed by atoms with Crippen molar-refractivity contribution in [1.29, 1.82) is 0 Å². The number of alkyl carbamates (subject to hydrolysis) is 1. The minimum atomic E-state index is -0.486. The molecule has 0 aliphatic rings. The quantitative estimate of drug-likeness (QED) is 0.832. The molecule has 0 heterocycles. The van der Waals surface area contributed by atoms with E-state index in [1.165, 1.54) is 0 Å². The Hall–Kier alpha value is -0.940. The highest BCUT2D eigenvalue weighted by atomic mass is 79.9. The first kappa shape index (κ1) is 17.1. The Morgan fingerprint density at radius 3 is 2.65 bits per heavy atom. The number of hydrogen-bond acceptors (Lipinski definition) is 3. The van der Waals surface area contributed by atoms with Gasteiger partial charge in [-0.05, 0) is 61.8 Å². The molecule has 6 heteroatoms. The smallest absolute Gasteiger partial charge is 0.407 e. The molecule has 0 aliphatic carbocycles. The second-order valence-corrected chi connectivity index (χ2v) is 6.84. The number of benzene rings is 1. The summed E-state index contributed by atoms with van der Waals surface area (Å²) in [6.07, 6.45) is -0.415.